The van der Waals surface area contributed by atoms with E-state index in [0.717, 1.165) is 19.4 Å². The quantitative estimate of drug-likeness (QED) is 0.345. The number of ether oxygens (including phenoxy) is 2. The van der Waals surface area contributed by atoms with Crippen molar-refractivity contribution in [2.75, 3.05) is 14.2 Å². The molecule has 0 aliphatic heterocycles. The van der Waals surface area contributed by atoms with E-state index in [1.807, 2.05) is 24.3 Å². The third-order valence-electron chi connectivity index (χ3n) is 5.50. The van der Waals surface area contributed by atoms with Gasteiger partial charge in [-0.25, -0.2) is 0 Å². The van der Waals surface area contributed by atoms with E-state index >= 15 is 0 Å². The number of carbonyl (C=O) groups is 2. The highest BCUT2D eigenvalue weighted by Crippen LogP contribution is 2.37. The highest BCUT2D eigenvalue weighted by molar-refractivity contribution is 5.66. The van der Waals surface area contributed by atoms with Gasteiger partial charge in [-0.1, -0.05) is 42.5 Å². The number of methoxy groups -OCH3 is 1. The van der Waals surface area contributed by atoms with E-state index in [9.17, 15) is 9.59 Å². The Labute approximate surface area is 173 Å². The molecule has 6 heteroatoms. The van der Waals surface area contributed by atoms with Gasteiger partial charge in [0.15, 0.2) is 0 Å². The van der Waals surface area contributed by atoms with E-state index in [1.165, 1.54) is 12.5 Å². The zero-order valence-corrected chi connectivity index (χ0v) is 17.6. The Morgan fingerprint density at radius 3 is 2.55 bits per heavy atom. The summed E-state index contributed by atoms with van der Waals surface area (Å²) in [5.41, 5.74) is 1.21. The third-order valence-corrected chi connectivity index (χ3v) is 5.50. The second-order valence-electron chi connectivity index (χ2n) is 7.71. The van der Waals surface area contributed by atoms with Crippen LogP contribution in [0.1, 0.15) is 44.6 Å². The first-order chi connectivity index (χ1) is 13.9. The molecule has 1 fully saturated rings. The van der Waals surface area contributed by atoms with Gasteiger partial charge in [0.05, 0.1) is 12.1 Å². The Hall–Kier alpha value is -2.18. The number of esters is 1. The molecule has 2 rings (SSSR count). The molecule has 0 heterocycles. The maximum Gasteiger partial charge on any atom is 0.303 e. The molecule has 4 atom stereocenters. The molecule has 0 amide bonds. The van der Waals surface area contributed by atoms with Crippen LogP contribution in [0.3, 0.4) is 0 Å². The van der Waals surface area contributed by atoms with Crippen molar-refractivity contribution in [2.24, 2.45) is 5.92 Å². The predicted octanol–water partition coefficient (Wildman–Crippen LogP) is 3.65. The van der Waals surface area contributed by atoms with Crippen LogP contribution in [-0.4, -0.2) is 54.4 Å². The molecular weight excluding hydrogens is 370 g/mol. The monoisotopic (exact) mass is 403 g/mol. The number of nitrogens with zero attached hydrogens (tertiary/aromatic N) is 1. The summed E-state index contributed by atoms with van der Waals surface area (Å²) >= 11 is 0. The van der Waals surface area contributed by atoms with Crippen LogP contribution < -0.4 is 0 Å². The van der Waals surface area contributed by atoms with Crippen molar-refractivity contribution in [1.82, 2.24) is 4.90 Å². The second kappa shape index (κ2) is 11.7. The lowest BCUT2D eigenvalue weighted by Gasteiger charge is -2.33. The third kappa shape index (κ3) is 7.29. The number of aliphatic carboxylic acids is 1. The van der Waals surface area contributed by atoms with Crippen molar-refractivity contribution in [3.63, 3.8) is 0 Å². The van der Waals surface area contributed by atoms with Crippen LogP contribution in [0.4, 0.5) is 0 Å². The molecule has 0 spiro atoms. The number of hydrogen-bond acceptors (Lipinski definition) is 5. The lowest BCUT2D eigenvalue weighted by atomic mass is 9.95. The number of benzene rings is 1. The zero-order valence-electron chi connectivity index (χ0n) is 17.6. The first-order valence-corrected chi connectivity index (χ1v) is 10.2. The van der Waals surface area contributed by atoms with Crippen molar-refractivity contribution < 1.29 is 24.2 Å². The summed E-state index contributed by atoms with van der Waals surface area (Å²) in [6.45, 7) is 2.21. The molecule has 0 saturated heterocycles. The Balaban J connectivity index is 2.09. The standard InChI is InChI=1S/C23H33NO5/c1-17(25)29-21-15-20(28-3)19(13-9-4-5-10-14-22(26)27)23(21)24(2)16-18-11-7-6-8-12-18/h4,6-9,11-12,19-21,23H,5,10,13-16H2,1-3H3,(H,26,27)/b9-4-/t19-,20-,21+,23+/m0/s1. The van der Waals surface area contributed by atoms with Crippen molar-refractivity contribution >= 4 is 11.9 Å². The number of carbonyl (C=O) groups excluding carboxylic acids is 1. The fourth-order valence-corrected chi connectivity index (χ4v) is 4.26. The summed E-state index contributed by atoms with van der Waals surface area (Å²) in [5.74, 6) is -0.845. The Morgan fingerprint density at radius 1 is 1.21 bits per heavy atom. The average molecular weight is 404 g/mol. The van der Waals surface area contributed by atoms with Gasteiger partial charge in [0, 0.05) is 39.3 Å². The van der Waals surface area contributed by atoms with Crippen LogP contribution >= 0.6 is 0 Å². The molecule has 0 radical (unpaired) electrons. The summed E-state index contributed by atoms with van der Waals surface area (Å²) in [7, 11) is 3.77. The molecule has 6 nitrogen and oxygen atoms in total. The SMILES string of the molecule is CO[C@H]1C[C@@H](OC(C)=O)[C@H](N(C)Cc2ccccc2)[C@H]1C/C=C\CCCC(=O)O. The lowest BCUT2D eigenvalue weighted by Crippen LogP contribution is -2.44. The minimum absolute atomic E-state index is 0.00578. The van der Waals surface area contributed by atoms with Gasteiger partial charge in [0.1, 0.15) is 6.10 Å². The van der Waals surface area contributed by atoms with Crippen LogP contribution in [0, 0.1) is 5.92 Å². The number of rotatable bonds is 11. The van der Waals surface area contributed by atoms with Gasteiger partial charge in [-0.15, -0.1) is 0 Å². The van der Waals surface area contributed by atoms with Crippen LogP contribution in [-0.2, 0) is 25.6 Å². The molecule has 1 aromatic rings. The topological polar surface area (TPSA) is 76.1 Å². The number of hydrogen-bond donors (Lipinski definition) is 1. The van der Waals surface area contributed by atoms with E-state index in [-0.39, 0.29) is 36.6 Å². The molecule has 1 saturated carbocycles. The number of allylic oxidation sites excluding steroid dienone is 2. The molecule has 0 aromatic heterocycles. The van der Waals surface area contributed by atoms with Crippen molar-refractivity contribution in [1.29, 1.82) is 0 Å². The average Bonchev–Trinajstić information content (AvgIpc) is 3.01. The normalized spacial score (nSPS) is 24.3. The smallest absolute Gasteiger partial charge is 0.303 e. The Kier molecular flexibility index (Phi) is 9.35. The maximum absolute atomic E-state index is 11.7. The van der Waals surface area contributed by atoms with Gasteiger partial charge in [-0.2, -0.15) is 0 Å². The van der Waals surface area contributed by atoms with Crippen molar-refractivity contribution in [2.45, 2.75) is 63.8 Å². The van der Waals surface area contributed by atoms with Crippen LogP contribution in [0.5, 0.6) is 0 Å². The summed E-state index contributed by atoms with van der Waals surface area (Å²) in [6.07, 6.45) is 6.99. The summed E-state index contributed by atoms with van der Waals surface area (Å²) in [4.78, 5) is 24.6. The van der Waals surface area contributed by atoms with Gasteiger partial charge in [0.2, 0.25) is 0 Å². The molecule has 29 heavy (non-hydrogen) atoms. The molecule has 0 bridgehead atoms. The first kappa shape index (κ1) is 23.1. The van der Waals surface area contributed by atoms with E-state index in [0.29, 0.717) is 12.8 Å². The van der Waals surface area contributed by atoms with Crippen LogP contribution in [0.15, 0.2) is 42.5 Å². The molecule has 160 valence electrons. The molecule has 1 aliphatic rings. The Morgan fingerprint density at radius 2 is 1.93 bits per heavy atom. The number of unbranched alkanes of at least 4 members (excludes halogenated alkanes) is 1. The van der Waals surface area contributed by atoms with Crippen LogP contribution in [0.2, 0.25) is 0 Å². The number of likely N-dealkylation sites (N-methyl/N-ethyl adjacent to an activating group) is 1. The van der Waals surface area contributed by atoms with E-state index < -0.39 is 5.97 Å². The van der Waals surface area contributed by atoms with E-state index in [4.69, 9.17) is 14.6 Å². The second-order valence-corrected chi connectivity index (χ2v) is 7.71. The molecule has 1 aliphatic carbocycles. The van der Waals surface area contributed by atoms with Gasteiger partial charge < -0.3 is 14.6 Å². The fourth-order valence-electron chi connectivity index (χ4n) is 4.26. The van der Waals surface area contributed by atoms with Crippen LogP contribution in [0.25, 0.3) is 0 Å². The zero-order chi connectivity index (χ0) is 21.2. The van der Waals surface area contributed by atoms with Crippen molar-refractivity contribution in [3.8, 4) is 0 Å². The number of carboxylic acid groups (broad SMARTS) is 1. The molecule has 1 aromatic carbocycles. The Bertz CT molecular complexity index is 675. The fraction of sp³-hybridized carbons (Fsp3) is 0.565. The predicted molar refractivity (Wildman–Crippen MR) is 111 cm³/mol. The summed E-state index contributed by atoms with van der Waals surface area (Å²) in [5, 5.41) is 8.74. The van der Waals surface area contributed by atoms with Gasteiger partial charge in [0.25, 0.3) is 0 Å². The van der Waals surface area contributed by atoms with Crippen molar-refractivity contribution in [3.05, 3.63) is 48.0 Å². The van der Waals surface area contributed by atoms with Gasteiger partial charge in [-0.05, 0) is 31.9 Å². The highest BCUT2D eigenvalue weighted by atomic mass is 16.5. The summed E-state index contributed by atoms with van der Waals surface area (Å²) < 4.78 is 11.4. The maximum atomic E-state index is 11.7. The van der Waals surface area contributed by atoms with E-state index in [1.54, 1.807) is 7.11 Å². The first-order valence-electron chi connectivity index (χ1n) is 10.2. The molecule has 0 unspecified atom stereocenters. The highest BCUT2D eigenvalue weighted by Gasteiger charge is 2.46. The van der Waals surface area contributed by atoms with Gasteiger partial charge in [-0.3, -0.25) is 14.5 Å². The number of carboxylic acids is 1. The minimum Gasteiger partial charge on any atom is -0.481 e. The lowest BCUT2D eigenvalue weighted by molar-refractivity contribution is -0.149. The molecule has 1 N–H and O–H groups in total. The largest absolute Gasteiger partial charge is 0.481 e. The minimum atomic E-state index is -0.763. The van der Waals surface area contributed by atoms with Gasteiger partial charge >= 0.3 is 11.9 Å². The summed E-state index contributed by atoms with van der Waals surface area (Å²) in [6, 6.07) is 10.3. The van der Waals surface area contributed by atoms with E-state index in [2.05, 4.69) is 30.2 Å². The molecular formula is C23H33NO5.